The molecule has 3 N–H and O–H groups in total. The molecule has 0 aliphatic carbocycles. The zero-order chi connectivity index (χ0) is 26.3. The minimum absolute atomic E-state index is 0.0188. The van der Waals surface area contributed by atoms with Gasteiger partial charge in [0.1, 0.15) is 12.1 Å². The van der Waals surface area contributed by atoms with Gasteiger partial charge in [-0.05, 0) is 68.6 Å². The fourth-order valence-corrected chi connectivity index (χ4v) is 5.13. The van der Waals surface area contributed by atoms with Gasteiger partial charge in [0.25, 0.3) is 5.91 Å². The zero-order valence-corrected chi connectivity index (χ0v) is 21.9. The zero-order valence-electron chi connectivity index (χ0n) is 21.9. The van der Waals surface area contributed by atoms with Crippen molar-refractivity contribution in [2.75, 3.05) is 38.1 Å². The Kier molecular flexibility index (Phi) is 8.31. The van der Waals surface area contributed by atoms with Crippen LogP contribution < -0.4 is 10.6 Å². The van der Waals surface area contributed by atoms with E-state index < -0.39 is 0 Å². The van der Waals surface area contributed by atoms with Crippen LogP contribution in [0.1, 0.15) is 53.7 Å². The molecule has 0 saturated carbocycles. The van der Waals surface area contributed by atoms with Crippen LogP contribution in [-0.2, 0) is 6.42 Å². The van der Waals surface area contributed by atoms with Crippen LogP contribution in [0, 0.1) is 0 Å². The minimum Gasteiger partial charge on any atom is -0.396 e. The van der Waals surface area contributed by atoms with Gasteiger partial charge in [-0.2, -0.15) is 0 Å². The van der Waals surface area contributed by atoms with Gasteiger partial charge in [0, 0.05) is 49.2 Å². The number of rotatable bonds is 10. The normalized spacial score (nSPS) is 14.9. The van der Waals surface area contributed by atoms with Gasteiger partial charge >= 0.3 is 0 Å². The first-order valence-electron chi connectivity index (χ1n) is 13.5. The Morgan fingerprint density at radius 1 is 1.05 bits per heavy atom. The predicted octanol–water partition coefficient (Wildman–Crippen LogP) is 4.34. The van der Waals surface area contributed by atoms with Crippen molar-refractivity contribution in [2.45, 2.75) is 38.6 Å². The molecular formula is C30H36N6O2. The number of hydrogen-bond acceptors (Lipinski definition) is 6. The number of nitrogens with zero attached hydrogens (tertiary/aromatic N) is 4. The number of fused-ring (bicyclic) bond motifs is 1. The Hall–Kier alpha value is -3.75. The number of carbonyl (C=O) groups excluding carboxylic acids is 1. The third kappa shape index (κ3) is 6.03. The van der Waals surface area contributed by atoms with Gasteiger partial charge in [0.05, 0.1) is 11.1 Å². The summed E-state index contributed by atoms with van der Waals surface area (Å²) in [5.41, 5.74) is 4.33. The quantitative estimate of drug-likeness (QED) is 0.293. The van der Waals surface area contributed by atoms with Crippen molar-refractivity contribution >= 4 is 22.6 Å². The van der Waals surface area contributed by atoms with Crippen molar-refractivity contribution in [2.24, 2.45) is 0 Å². The highest BCUT2D eigenvalue weighted by Crippen LogP contribution is 2.27. The summed E-state index contributed by atoms with van der Waals surface area (Å²) in [6.45, 7) is 5.78. The summed E-state index contributed by atoms with van der Waals surface area (Å²) in [6.07, 6.45) is 9.54. The summed E-state index contributed by atoms with van der Waals surface area (Å²) in [6, 6.07) is 16.3. The van der Waals surface area contributed by atoms with Crippen LogP contribution in [-0.4, -0.2) is 63.2 Å². The van der Waals surface area contributed by atoms with Crippen molar-refractivity contribution in [1.29, 1.82) is 0 Å². The van der Waals surface area contributed by atoms with Crippen LogP contribution in [0.15, 0.2) is 67.3 Å². The maximum Gasteiger partial charge on any atom is 0.253 e. The van der Waals surface area contributed by atoms with E-state index in [2.05, 4.69) is 44.6 Å². The number of aromatic nitrogens is 3. The molecular weight excluding hydrogens is 476 g/mol. The highest BCUT2D eigenvalue weighted by Gasteiger charge is 2.17. The molecule has 1 unspecified atom stereocenters. The summed E-state index contributed by atoms with van der Waals surface area (Å²) >= 11 is 0. The van der Waals surface area contributed by atoms with E-state index in [1.165, 1.54) is 24.8 Å². The van der Waals surface area contributed by atoms with E-state index in [-0.39, 0.29) is 18.6 Å². The molecule has 1 saturated heterocycles. The highest BCUT2D eigenvalue weighted by molar-refractivity contribution is 5.96. The average molecular weight is 513 g/mol. The summed E-state index contributed by atoms with van der Waals surface area (Å²) in [7, 11) is 0. The van der Waals surface area contributed by atoms with E-state index in [0.717, 1.165) is 47.6 Å². The molecule has 5 rings (SSSR count). The average Bonchev–Trinajstić information content (AvgIpc) is 3.38. The first kappa shape index (κ1) is 25.9. The van der Waals surface area contributed by atoms with Gasteiger partial charge < -0.3 is 25.2 Å². The number of likely N-dealkylation sites (tertiary alicyclic amines) is 1. The van der Waals surface area contributed by atoms with Crippen LogP contribution in [0.5, 0.6) is 0 Å². The van der Waals surface area contributed by atoms with Crippen molar-refractivity contribution in [1.82, 2.24) is 24.8 Å². The van der Waals surface area contributed by atoms with E-state index in [0.29, 0.717) is 18.5 Å². The molecule has 0 bridgehead atoms. The number of aliphatic hydroxyl groups excluding tert-OH is 1. The molecule has 2 aromatic heterocycles. The Morgan fingerprint density at radius 2 is 1.87 bits per heavy atom. The Labute approximate surface area is 223 Å². The second kappa shape index (κ2) is 12.2. The molecule has 8 heteroatoms. The van der Waals surface area contributed by atoms with Gasteiger partial charge in [-0.25, -0.2) is 9.97 Å². The maximum atomic E-state index is 13.1. The number of benzene rings is 2. The Bertz CT molecular complexity index is 1360. The van der Waals surface area contributed by atoms with Crippen LogP contribution in [0.2, 0.25) is 0 Å². The van der Waals surface area contributed by atoms with Crippen LogP contribution >= 0.6 is 0 Å². The Balaban J connectivity index is 1.37. The number of nitrogens with one attached hydrogen (secondary N) is 2. The molecule has 1 atom stereocenters. The van der Waals surface area contributed by atoms with Crippen LogP contribution in [0.25, 0.3) is 16.6 Å². The first-order chi connectivity index (χ1) is 18.6. The standard InChI is InChI=1S/C30H36N6O2/c1-22(23-8-4-2-5-9-23)34-29-26-18-25(10-11-28(26)32-21-33-29)36-19-24(12-17-37)27(20-36)30(38)31-13-16-35-14-6-3-7-15-35/h2,4-5,8-11,18-22,37H,3,6-7,12-17H2,1H3,(H,31,38)(H,32,33,34). The molecule has 0 radical (unpaired) electrons. The largest absolute Gasteiger partial charge is 0.396 e. The maximum absolute atomic E-state index is 13.1. The van der Waals surface area contributed by atoms with Gasteiger partial charge in [0.15, 0.2) is 0 Å². The molecule has 8 nitrogen and oxygen atoms in total. The monoisotopic (exact) mass is 512 g/mol. The molecule has 1 fully saturated rings. The van der Waals surface area contributed by atoms with E-state index in [1.54, 1.807) is 6.33 Å². The lowest BCUT2D eigenvalue weighted by atomic mass is 10.1. The third-order valence-corrected chi connectivity index (χ3v) is 7.27. The van der Waals surface area contributed by atoms with E-state index >= 15 is 0 Å². The molecule has 1 aliphatic rings. The molecule has 1 amide bonds. The smallest absolute Gasteiger partial charge is 0.253 e. The van der Waals surface area contributed by atoms with E-state index in [9.17, 15) is 9.90 Å². The van der Waals surface area contributed by atoms with Gasteiger partial charge in [-0.15, -0.1) is 0 Å². The topological polar surface area (TPSA) is 95.3 Å². The van der Waals surface area contributed by atoms with Gasteiger partial charge in [-0.1, -0.05) is 36.8 Å². The number of anilines is 1. The van der Waals surface area contributed by atoms with Gasteiger partial charge in [-0.3, -0.25) is 4.79 Å². The van der Waals surface area contributed by atoms with Crippen LogP contribution in [0.4, 0.5) is 5.82 Å². The summed E-state index contributed by atoms with van der Waals surface area (Å²) in [5.74, 6) is 0.652. The summed E-state index contributed by atoms with van der Waals surface area (Å²) in [4.78, 5) is 24.5. The third-order valence-electron chi connectivity index (χ3n) is 7.27. The second-order valence-corrected chi connectivity index (χ2v) is 9.94. The molecule has 1 aliphatic heterocycles. The second-order valence-electron chi connectivity index (χ2n) is 9.94. The molecule has 198 valence electrons. The van der Waals surface area contributed by atoms with Crippen molar-refractivity contribution in [3.05, 3.63) is 83.9 Å². The number of hydrogen-bond donors (Lipinski definition) is 3. The van der Waals surface area contributed by atoms with E-state index in [1.807, 2.05) is 53.4 Å². The molecule has 2 aromatic carbocycles. The highest BCUT2D eigenvalue weighted by atomic mass is 16.3. The van der Waals surface area contributed by atoms with Crippen LogP contribution in [0.3, 0.4) is 0 Å². The van der Waals surface area contributed by atoms with Crippen molar-refractivity contribution in [3.63, 3.8) is 0 Å². The SMILES string of the molecule is CC(Nc1ncnc2ccc(-n3cc(CCO)c(C(=O)NCCN4CCCCC4)c3)cc12)c1ccccc1. The number of aliphatic hydroxyl groups is 1. The number of carbonyl (C=O) groups is 1. The van der Waals surface area contributed by atoms with Gasteiger partial charge in [0.2, 0.25) is 0 Å². The molecule has 4 aromatic rings. The van der Waals surface area contributed by atoms with Crippen molar-refractivity contribution < 1.29 is 9.90 Å². The van der Waals surface area contributed by atoms with E-state index in [4.69, 9.17) is 0 Å². The lowest BCUT2D eigenvalue weighted by molar-refractivity contribution is 0.0945. The minimum atomic E-state index is -0.104. The lowest BCUT2D eigenvalue weighted by Crippen LogP contribution is -2.37. The lowest BCUT2D eigenvalue weighted by Gasteiger charge is -2.26. The van der Waals surface area contributed by atoms with Crippen molar-refractivity contribution in [3.8, 4) is 5.69 Å². The predicted molar refractivity (Wildman–Crippen MR) is 151 cm³/mol. The molecule has 3 heterocycles. The summed E-state index contributed by atoms with van der Waals surface area (Å²) in [5, 5.41) is 17.1. The fraction of sp³-hybridized carbons (Fsp3) is 0.367. The number of piperidine rings is 1. The number of amides is 1. The Morgan fingerprint density at radius 3 is 2.66 bits per heavy atom. The molecule has 0 spiro atoms. The molecule has 38 heavy (non-hydrogen) atoms. The first-order valence-corrected chi connectivity index (χ1v) is 13.5. The summed E-state index contributed by atoms with van der Waals surface area (Å²) < 4.78 is 1.95. The fourth-order valence-electron chi connectivity index (χ4n) is 5.13.